The van der Waals surface area contributed by atoms with Gasteiger partial charge in [-0.1, -0.05) is 19.8 Å². The molecule has 1 heteroatoms. The van der Waals surface area contributed by atoms with Gasteiger partial charge in [0.2, 0.25) is 0 Å². The molecule has 0 spiro atoms. The Kier molecular flexibility index (Phi) is 2.47. The summed E-state index contributed by atoms with van der Waals surface area (Å²) in [4.78, 5) is 10.7. The van der Waals surface area contributed by atoms with Gasteiger partial charge >= 0.3 is 0 Å². The molecule has 1 rings (SSSR count). The van der Waals surface area contributed by atoms with Crippen LogP contribution in [0.2, 0.25) is 0 Å². The van der Waals surface area contributed by atoms with Crippen LogP contribution in [-0.2, 0) is 4.79 Å². The summed E-state index contributed by atoms with van der Waals surface area (Å²) in [5, 5.41) is 0. The van der Waals surface area contributed by atoms with E-state index in [1.54, 1.807) is 6.92 Å². The minimum Gasteiger partial charge on any atom is -0.300 e. The molecule has 1 saturated carbocycles. The van der Waals surface area contributed by atoms with Crippen molar-refractivity contribution in [3.63, 3.8) is 0 Å². The summed E-state index contributed by atoms with van der Waals surface area (Å²) in [6.45, 7) is 3.96. The molecule has 0 aromatic rings. The summed E-state index contributed by atoms with van der Waals surface area (Å²) in [6.07, 6.45) is 4.76. The Labute approximate surface area is 62.8 Å². The maximum absolute atomic E-state index is 10.7. The van der Waals surface area contributed by atoms with Crippen molar-refractivity contribution in [2.24, 2.45) is 11.8 Å². The normalized spacial score (nSPS) is 32.6. The van der Waals surface area contributed by atoms with E-state index in [2.05, 4.69) is 6.92 Å². The van der Waals surface area contributed by atoms with Crippen molar-refractivity contribution in [2.75, 3.05) is 0 Å². The molecule has 1 nitrogen and oxygen atoms in total. The fraction of sp³-hybridized carbons (Fsp3) is 0.889. The molecular formula is C9H16O. The molecule has 0 N–H and O–H groups in total. The Balaban J connectivity index is 2.33. The SMILES string of the molecule is CC(=O)C[C@@H]1CCC[C@@H]1C. The first kappa shape index (κ1) is 7.77. The van der Waals surface area contributed by atoms with Crippen molar-refractivity contribution in [3.8, 4) is 0 Å². The molecule has 0 amide bonds. The number of ketones is 1. The zero-order valence-corrected chi connectivity index (χ0v) is 6.89. The lowest BCUT2D eigenvalue weighted by atomic mass is 9.93. The van der Waals surface area contributed by atoms with Gasteiger partial charge < -0.3 is 4.79 Å². The zero-order chi connectivity index (χ0) is 7.56. The molecule has 0 aromatic carbocycles. The number of hydrogen-bond acceptors (Lipinski definition) is 1. The quantitative estimate of drug-likeness (QED) is 0.575. The number of carbonyl (C=O) groups is 1. The van der Waals surface area contributed by atoms with Crippen LogP contribution in [0, 0.1) is 11.8 Å². The predicted molar refractivity (Wildman–Crippen MR) is 41.8 cm³/mol. The van der Waals surface area contributed by atoms with E-state index in [1.165, 1.54) is 19.3 Å². The van der Waals surface area contributed by atoms with Crippen LogP contribution in [0.15, 0.2) is 0 Å². The minimum atomic E-state index is 0.360. The van der Waals surface area contributed by atoms with Crippen LogP contribution in [-0.4, -0.2) is 5.78 Å². The largest absolute Gasteiger partial charge is 0.300 e. The van der Waals surface area contributed by atoms with E-state index < -0.39 is 0 Å². The molecule has 0 saturated heterocycles. The van der Waals surface area contributed by atoms with Crippen LogP contribution in [0.5, 0.6) is 0 Å². The van der Waals surface area contributed by atoms with Gasteiger partial charge in [0.05, 0.1) is 0 Å². The first-order chi connectivity index (χ1) is 4.70. The molecule has 2 atom stereocenters. The third kappa shape index (κ3) is 1.83. The molecule has 1 fully saturated rings. The van der Waals surface area contributed by atoms with E-state index in [9.17, 15) is 4.79 Å². The molecule has 10 heavy (non-hydrogen) atoms. The molecule has 0 aliphatic heterocycles. The summed E-state index contributed by atoms with van der Waals surface area (Å²) in [7, 11) is 0. The van der Waals surface area contributed by atoms with E-state index in [0.717, 1.165) is 12.3 Å². The molecule has 58 valence electrons. The van der Waals surface area contributed by atoms with Crippen molar-refractivity contribution in [1.82, 2.24) is 0 Å². The van der Waals surface area contributed by atoms with Crippen LogP contribution in [0.3, 0.4) is 0 Å². The fourth-order valence-corrected chi connectivity index (χ4v) is 1.89. The van der Waals surface area contributed by atoms with Gasteiger partial charge in [0, 0.05) is 6.42 Å². The van der Waals surface area contributed by atoms with Crippen molar-refractivity contribution in [2.45, 2.75) is 39.5 Å². The summed E-state index contributed by atoms with van der Waals surface area (Å²) in [5.41, 5.74) is 0. The highest BCUT2D eigenvalue weighted by Gasteiger charge is 2.23. The first-order valence-corrected chi connectivity index (χ1v) is 4.19. The molecular weight excluding hydrogens is 124 g/mol. The second-order valence-electron chi connectivity index (χ2n) is 3.57. The smallest absolute Gasteiger partial charge is 0.130 e. The molecule has 0 heterocycles. The van der Waals surface area contributed by atoms with Gasteiger partial charge in [-0.25, -0.2) is 0 Å². The van der Waals surface area contributed by atoms with Crippen molar-refractivity contribution >= 4 is 5.78 Å². The summed E-state index contributed by atoms with van der Waals surface area (Å²) >= 11 is 0. The molecule has 0 radical (unpaired) electrons. The maximum Gasteiger partial charge on any atom is 0.130 e. The van der Waals surface area contributed by atoms with Gasteiger partial charge in [-0.15, -0.1) is 0 Å². The van der Waals surface area contributed by atoms with Gasteiger partial charge in [-0.3, -0.25) is 0 Å². The Morgan fingerprint density at radius 1 is 1.50 bits per heavy atom. The Morgan fingerprint density at radius 2 is 2.20 bits per heavy atom. The topological polar surface area (TPSA) is 17.1 Å². The molecule has 1 aliphatic carbocycles. The van der Waals surface area contributed by atoms with E-state index in [1.807, 2.05) is 0 Å². The second kappa shape index (κ2) is 3.18. The van der Waals surface area contributed by atoms with E-state index in [-0.39, 0.29) is 0 Å². The third-order valence-electron chi connectivity index (χ3n) is 2.59. The highest BCUT2D eigenvalue weighted by molar-refractivity contribution is 5.75. The van der Waals surface area contributed by atoms with Gasteiger partial charge in [-0.05, 0) is 25.2 Å². The average Bonchev–Trinajstić information content (AvgIpc) is 2.15. The van der Waals surface area contributed by atoms with Crippen molar-refractivity contribution in [1.29, 1.82) is 0 Å². The van der Waals surface area contributed by atoms with Crippen LogP contribution in [0.1, 0.15) is 39.5 Å². The summed E-state index contributed by atoms with van der Waals surface area (Å²) in [6, 6.07) is 0. The highest BCUT2D eigenvalue weighted by Crippen LogP contribution is 2.33. The number of carbonyl (C=O) groups excluding carboxylic acids is 1. The van der Waals surface area contributed by atoms with E-state index in [4.69, 9.17) is 0 Å². The minimum absolute atomic E-state index is 0.360. The predicted octanol–water partition coefficient (Wildman–Crippen LogP) is 2.40. The van der Waals surface area contributed by atoms with E-state index >= 15 is 0 Å². The molecule has 0 unspecified atom stereocenters. The fourth-order valence-electron chi connectivity index (χ4n) is 1.89. The highest BCUT2D eigenvalue weighted by atomic mass is 16.1. The van der Waals surface area contributed by atoms with Crippen molar-refractivity contribution in [3.05, 3.63) is 0 Å². The lowest BCUT2D eigenvalue weighted by molar-refractivity contribution is -0.118. The standard InChI is InChI=1S/C9H16O/c1-7-4-3-5-9(7)6-8(2)10/h7,9H,3-6H2,1-2H3/t7-,9-/m0/s1. The van der Waals surface area contributed by atoms with Crippen LogP contribution in [0.25, 0.3) is 0 Å². The lowest BCUT2D eigenvalue weighted by Crippen LogP contribution is -2.07. The van der Waals surface area contributed by atoms with Gasteiger partial charge in [0.1, 0.15) is 5.78 Å². The Bertz CT molecular complexity index is 129. The van der Waals surface area contributed by atoms with Crippen LogP contribution >= 0.6 is 0 Å². The average molecular weight is 140 g/mol. The number of Topliss-reactive ketones (excluding diaryl/α,β-unsaturated/α-hetero) is 1. The van der Waals surface area contributed by atoms with Crippen molar-refractivity contribution < 1.29 is 4.79 Å². The van der Waals surface area contributed by atoms with Gasteiger partial charge in [0.15, 0.2) is 0 Å². The number of hydrogen-bond donors (Lipinski definition) is 0. The Hall–Kier alpha value is -0.330. The van der Waals surface area contributed by atoms with Gasteiger partial charge in [0.25, 0.3) is 0 Å². The van der Waals surface area contributed by atoms with Crippen LogP contribution in [0.4, 0.5) is 0 Å². The number of rotatable bonds is 2. The Morgan fingerprint density at radius 3 is 2.60 bits per heavy atom. The monoisotopic (exact) mass is 140 g/mol. The summed E-state index contributed by atoms with van der Waals surface area (Å²) < 4.78 is 0. The molecule has 0 bridgehead atoms. The molecule has 1 aliphatic rings. The van der Waals surface area contributed by atoms with E-state index in [0.29, 0.717) is 11.7 Å². The van der Waals surface area contributed by atoms with Gasteiger partial charge in [-0.2, -0.15) is 0 Å². The maximum atomic E-state index is 10.7. The third-order valence-corrected chi connectivity index (χ3v) is 2.59. The zero-order valence-electron chi connectivity index (χ0n) is 6.89. The van der Waals surface area contributed by atoms with Crippen LogP contribution < -0.4 is 0 Å². The first-order valence-electron chi connectivity index (χ1n) is 4.19. The molecule has 0 aromatic heterocycles. The summed E-state index contributed by atoms with van der Waals surface area (Å²) in [5.74, 6) is 1.86. The second-order valence-corrected chi connectivity index (χ2v) is 3.57. The lowest BCUT2D eigenvalue weighted by Gasteiger charge is -2.11.